The van der Waals surface area contributed by atoms with Crippen LogP contribution in [-0.2, 0) is 0 Å². The Morgan fingerprint density at radius 3 is 2.94 bits per heavy atom. The van der Waals surface area contributed by atoms with Gasteiger partial charge in [0.2, 0.25) is 0 Å². The number of aromatic nitrogens is 1. The first kappa shape index (κ1) is 11.6. The number of hydrogen-bond donors (Lipinski definition) is 1. The molecule has 18 heavy (non-hydrogen) atoms. The highest BCUT2D eigenvalue weighted by atomic mass is 16.5. The summed E-state index contributed by atoms with van der Waals surface area (Å²) in [5.74, 6) is -0.562. The van der Waals surface area contributed by atoms with Crippen LogP contribution in [0.1, 0.15) is 15.9 Å². The highest BCUT2D eigenvalue weighted by Crippen LogP contribution is 2.24. The molecule has 0 radical (unpaired) electrons. The van der Waals surface area contributed by atoms with Gasteiger partial charge in [-0.25, -0.2) is 4.79 Å². The first-order chi connectivity index (χ1) is 8.70. The summed E-state index contributed by atoms with van der Waals surface area (Å²) in [5.41, 5.74) is 0.459. The predicted octanol–water partition coefficient (Wildman–Crippen LogP) is 2.44. The first-order valence-electron chi connectivity index (χ1n) is 5.06. The monoisotopic (exact) mass is 240 g/mol. The molecule has 0 bridgehead atoms. The van der Waals surface area contributed by atoms with Gasteiger partial charge in [-0.2, -0.15) is 5.26 Å². The maximum absolute atomic E-state index is 11.0. The number of hydrogen-bond acceptors (Lipinski definition) is 4. The fraction of sp³-hybridized carbons (Fsp3) is 0. The van der Waals surface area contributed by atoms with E-state index >= 15 is 0 Å². The Kier molecular flexibility index (Phi) is 3.21. The Morgan fingerprint density at radius 1 is 1.39 bits per heavy atom. The minimum absolute atomic E-state index is 0.0207. The third-order valence-corrected chi connectivity index (χ3v) is 2.21. The molecule has 0 saturated heterocycles. The predicted molar refractivity (Wildman–Crippen MR) is 62.4 cm³/mol. The molecule has 5 heteroatoms. The molecule has 1 N–H and O–H groups in total. The molecule has 88 valence electrons. The second-order valence-corrected chi connectivity index (χ2v) is 3.42. The number of rotatable bonds is 3. The van der Waals surface area contributed by atoms with Crippen molar-refractivity contribution in [3.63, 3.8) is 0 Å². The SMILES string of the molecule is N#Cc1cccc(Oc2cnccc2C(=O)O)c1. The standard InChI is InChI=1S/C13H8N2O3/c14-7-9-2-1-3-10(6-9)18-12-8-15-5-4-11(12)13(16)17/h1-6,8H,(H,16,17). The third-order valence-electron chi connectivity index (χ3n) is 2.21. The van der Waals surface area contributed by atoms with E-state index in [0.29, 0.717) is 11.3 Å². The van der Waals surface area contributed by atoms with E-state index in [1.165, 1.54) is 24.5 Å². The van der Waals surface area contributed by atoms with Crippen molar-refractivity contribution < 1.29 is 14.6 Å². The summed E-state index contributed by atoms with van der Waals surface area (Å²) in [7, 11) is 0. The number of carboxylic acids is 1. The molecule has 0 saturated carbocycles. The second-order valence-electron chi connectivity index (χ2n) is 3.42. The molecule has 1 aromatic carbocycles. The van der Waals surface area contributed by atoms with Crippen LogP contribution in [-0.4, -0.2) is 16.1 Å². The van der Waals surface area contributed by atoms with Crippen LogP contribution in [0.4, 0.5) is 0 Å². The van der Waals surface area contributed by atoms with E-state index in [-0.39, 0.29) is 11.3 Å². The molecular formula is C13H8N2O3. The van der Waals surface area contributed by atoms with Gasteiger partial charge in [0.05, 0.1) is 17.8 Å². The van der Waals surface area contributed by atoms with Crippen molar-refractivity contribution in [2.75, 3.05) is 0 Å². The highest BCUT2D eigenvalue weighted by molar-refractivity contribution is 5.90. The van der Waals surface area contributed by atoms with E-state index in [9.17, 15) is 4.79 Å². The number of benzene rings is 1. The van der Waals surface area contributed by atoms with Crippen LogP contribution in [0.3, 0.4) is 0 Å². The molecule has 0 fully saturated rings. The first-order valence-corrected chi connectivity index (χ1v) is 5.06. The van der Waals surface area contributed by atoms with Gasteiger partial charge in [0, 0.05) is 6.20 Å². The number of carbonyl (C=O) groups is 1. The Labute approximate surface area is 103 Å². The van der Waals surface area contributed by atoms with E-state index in [1.54, 1.807) is 18.2 Å². The minimum atomic E-state index is -1.09. The lowest BCUT2D eigenvalue weighted by molar-refractivity contribution is 0.0694. The van der Waals surface area contributed by atoms with E-state index in [2.05, 4.69) is 4.98 Å². The summed E-state index contributed by atoms with van der Waals surface area (Å²) in [5, 5.41) is 17.7. The molecule has 2 rings (SSSR count). The van der Waals surface area contributed by atoms with Gasteiger partial charge in [-0.1, -0.05) is 6.07 Å². The normalized spacial score (nSPS) is 9.50. The van der Waals surface area contributed by atoms with Gasteiger partial charge in [0.15, 0.2) is 5.75 Å². The number of aromatic carboxylic acids is 1. The average molecular weight is 240 g/mol. The van der Waals surface area contributed by atoms with Crippen molar-refractivity contribution in [1.29, 1.82) is 5.26 Å². The third kappa shape index (κ3) is 2.44. The lowest BCUT2D eigenvalue weighted by Crippen LogP contribution is -2.00. The summed E-state index contributed by atoms with van der Waals surface area (Å²) in [6.45, 7) is 0. The molecule has 0 aliphatic heterocycles. The molecule has 5 nitrogen and oxygen atoms in total. The molecule has 0 unspecified atom stereocenters. The van der Waals surface area contributed by atoms with Crippen molar-refractivity contribution >= 4 is 5.97 Å². The molecule has 2 aromatic rings. The molecule has 0 aliphatic carbocycles. The zero-order valence-corrected chi connectivity index (χ0v) is 9.20. The zero-order chi connectivity index (χ0) is 13.0. The summed E-state index contributed by atoms with van der Waals surface area (Å²) in [6, 6.07) is 9.79. The maximum Gasteiger partial charge on any atom is 0.339 e. The number of carboxylic acid groups (broad SMARTS) is 1. The summed E-state index contributed by atoms with van der Waals surface area (Å²) in [4.78, 5) is 14.8. The highest BCUT2D eigenvalue weighted by Gasteiger charge is 2.11. The lowest BCUT2D eigenvalue weighted by Gasteiger charge is -2.07. The molecule has 0 aliphatic rings. The van der Waals surface area contributed by atoms with Crippen molar-refractivity contribution in [2.24, 2.45) is 0 Å². The summed E-state index contributed by atoms with van der Waals surface area (Å²) in [6.07, 6.45) is 2.70. The van der Waals surface area contributed by atoms with Gasteiger partial charge >= 0.3 is 5.97 Å². The van der Waals surface area contributed by atoms with Crippen molar-refractivity contribution in [3.8, 4) is 17.6 Å². The van der Waals surface area contributed by atoms with Gasteiger partial charge in [-0.15, -0.1) is 0 Å². The molecule has 1 aromatic heterocycles. The Hall–Kier alpha value is -2.87. The number of nitriles is 1. The number of ether oxygens (including phenoxy) is 1. The molecular weight excluding hydrogens is 232 g/mol. The fourth-order valence-electron chi connectivity index (χ4n) is 1.39. The Balaban J connectivity index is 2.34. The lowest BCUT2D eigenvalue weighted by atomic mass is 10.2. The molecule has 0 spiro atoms. The molecule has 1 heterocycles. The Morgan fingerprint density at radius 2 is 2.22 bits per heavy atom. The topological polar surface area (TPSA) is 83.2 Å². The van der Waals surface area contributed by atoms with E-state index in [1.807, 2.05) is 6.07 Å². The zero-order valence-electron chi connectivity index (χ0n) is 9.20. The van der Waals surface area contributed by atoms with Crippen LogP contribution in [0, 0.1) is 11.3 Å². The van der Waals surface area contributed by atoms with E-state index < -0.39 is 5.97 Å². The average Bonchev–Trinajstić information content (AvgIpc) is 2.39. The second kappa shape index (κ2) is 4.97. The molecule has 0 amide bonds. The van der Waals surface area contributed by atoms with Crippen LogP contribution in [0.2, 0.25) is 0 Å². The maximum atomic E-state index is 11.0. The van der Waals surface area contributed by atoms with Crippen LogP contribution in [0.25, 0.3) is 0 Å². The number of pyridine rings is 1. The van der Waals surface area contributed by atoms with Gasteiger partial charge in [-0.3, -0.25) is 4.98 Å². The van der Waals surface area contributed by atoms with Crippen molar-refractivity contribution in [2.45, 2.75) is 0 Å². The van der Waals surface area contributed by atoms with E-state index in [0.717, 1.165) is 0 Å². The largest absolute Gasteiger partial charge is 0.478 e. The van der Waals surface area contributed by atoms with Crippen LogP contribution >= 0.6 is 0 Å². The molecule has 0 atom stereocenters. The number of nitrogens with zero attached hydrogens (tertiary/aromatic N) is 2. The minimum Gasteiger partial charge on any atom is -0.478 e. The summed E-state index contributed by atoms with van der Waals surface area (Å²) >= 11 is 0. The van der Waals surface area contributed by atoms with Crippen molar-refractivity contribution in [1.82, 2.24) is 4.98 Å². The van der Waals surface area contributed by atoms with Crippen LogP contribution in [0.15, 0.2) is 42.7 Å². The quantitative estimate of drug-likeness (QED) is 0.890. The van der Waals surface area contributed by atoms with Gasteiger partial charge in [-0.05, 0) is 24.3 Å². The van der Waals surface area contributed by atoms with Gasteiger partial charge < -0.3 is 9.84 Å². The van der Waals surface area contributed by atoms with Gasteiger partial charge in [0.25, 0.3) is 0 Å². The Bertz CT molecular complexity index is 632. The fourth-order valence-corrected chi connectivity index (χ4v) is 1.39. The van der Waals surface area contributed by atoms with E-state index in [4.69, 9.17) is 15.1 Å². The summed E-state index contributed by atoms with van der Waals surface area (Å²) < 4.78 is 5.42. The van der Waals surface area contributed by atoms with Crippen molar-refractivity contribution in [3.05, 3.63) is 53.9 Å². The van der Waals surface area contributed by atoms with Crippen LogP contribution < -0.4 is 4.74 Å². The van der Waals surface area contributed by atoms with Gasteiger partial charge in [0.1, 0.15) is 11.3 Å². The smallest absolute Gasteiger partial charge is 0.339 e. The van der Waals surface area contributed by atoms with Crippen LogP contribution in [0.5, 0.6) is 11.5 Å².